The van der Waals surface area contributed by atoms with Crippen molar-refractivity contribution >= 4 is 65.0 Å². The smallest absolute Gasteiger partial charge is 0.266 e. The fraction of sp³-hybridized carbons (Fsp3) is 0.333. The van der Waals surface area contributed by atoms with Crippen LogP contribution in [0.1, 0.15) is 12.8 Å². The normalized spacial score (nSPS) is 18.0. The number of rotatable bonds is 6. The zero-order valence-electron chi connectivity index (χ0n) is 17.2. The highest BCUT2D eigenvalue weighted by Gasteiger charge is 2.39. The van der Waals surface area contributed by atoms with Gasteiger partial charge < -0.3 is 9.30 Å². The average Bonchev–Trinajstić information content (AvgIpc) is 3.37. The van der Waals surface area contributed by atoms with E-state index < -0.39 is 22.0 Å². The Balaban J connectivity index is 1.71. The number of hydrogen-bond donors (Lipinski definition) is 0. The van der Waals surface area contributed by atoms with Crippen molar-refractivity contribution in [3.05, 3.63) is 56.8 Å². The van der Waals surface area contributed by atoms with E-state index in [0.717, 1.165) is 14.7 Å². The summed E-state index contributed by atoms with van der Waals surface area (Å²) in [5, 5.41) is 0.449. The molecule has 32 heavy (non-hydrogen) atoms. The predicted molar refractivity (Wildman–Crippen MR) is 128 cm³/mol. The van der Waals surface area contributed by atoms with E-state index in [2.05, 4.69) is 20.9 Å². The molecule has 1 fully saturated rings. The number of aromatic nitrogens is 1. The first-order chi connectivity index (χ1) is 15.3. The Kier molecular flexibility index (Phi) is 7.18. The van der Waals surface area contributed by atoms with Crippen LogP contribution in [0.4, 0.5) is 0 Å². The third-order valence-electron chi connectivity index (χ3n) is 5.28. The summed E-state index contributed by atoms with van der Waals surface area (Å²) >= 11 is 10.8. The number of hydrogen-bond acceptors (Lipinski definition) is 5. The number of carbonyl (C=O) groups excluding carboxylic acids is 1. The lowest BCUT2D eigenvalue weighted by Crippen LogP contribution is -2.40. The van der Waals surface area contributed by atoms with Gasteiger partial charge in [-0.1, -0.05) is 38.9 Å². The molecule has 0 N–H and O–H groups in total. The molecule has 2 heterocycles. The van der Waals surface area contributed by atoms with Gasteiger partial charge in [-0.3, -0.25) is 4.79 Å². The van der Waals surface area contributed by atoms with Crippen LogP contribution < -0.4 is 4.80 Å². The summed E-state index contributed by atoms with van der Waals surface area (Å²) in [5.74, 6) is -0.461. The summed E-state index contributed by atoms with van der Waals surface area (Å²) < 4.78 is 36.6. The third kappa shape index (κ3) is 4.71. The van der Waals surface area contributed by atoms with Crippen LogP contribution in [-0.4, -0.2) is 49.5 Å². The summed E-state index contributed by atoms with van der Waals surface area (Å²) in [4.78, 5) is 18.2. The molecule has 1 aliphatic heterocycles. The van der Waals surface area contributed by atoms with Crippen LogP contribution in [-0.2, 0) is 26.1 Å². The maximum Gasteiger partial charge on any atom is 0.266 e. The van der Waals surface area contributed by atoms with Gasteiger partial charge >= 0.3 is 0 Å². The number of methoxy groups -OCH3 is 1. The standard InChI is InChI=1S/C21H21BrClN3O4S2/c1-30-12-11-25-17-9-4-14(22)13-19(17)31-21(25)24-20(27)18-3-2-10-26(18)32(28,29)16-7-5-15(23)6-8-16/h4-9,13,18H,2-3,10-12H2,1H3. The second kappa shape index (κ2) is 9.74. The van der Waals surface area contributed by atoms with Gasteiger partial charge in [-0.15, -0.1) is 0 Å². The number of thiazole rings is 1. The number of halogens is 2. The minimum absolute atomic E-state index is 0.114. The van der Waals surface area contributed by atoms with Crippen LogP contribution in [0.2, 0.25) is 5.02 Å². The molecule has 1 saturated heterocycles. The number of benzene rings is 2. The molecule has 1 aromatic heterocycles. The van der Waals surface area contributed by atoms with E-state index in [-0.39, 0.29) is 11.4 Å². The van der Waals surface area contributed by atoms with E-state index in [4.69, 9.17) is 16.3 Å². The molecule has 11 heteroatoms. The van der Waals surface area contributed by atoms with Gasteiger partial charge in [0.05, 0.1) is 21.7 Å². The summed E-state index contributed by atoms with van der Waals surface area (Å²) in [6.07, 6.45) is 1.03. The van der Waals surface area contributed by atoms with Gasteiger partial charge in [0, 0.05) is 29.7 Å². The first kappa shape index (κ1) is 23.6. The van der Waals surface area contributed by atoms with Gasteiger partial charge in [-0.05, 0) is 55.3 Å². The van der Waals surface area contributed by atoms with Crippen LogP contribution >= 0.6 is 38.9 Å². The molecule has 4 rings (SSSR count). The molecular weight excluding hydrogens is 538 g/mol. The fourth-order valence-electron chi connectivity index (χ4n) is 3.72. The fourth-order valence-corrected chi connectivity index (χ4v) is 7.11. The molecule has 1 unspecified atom stereocenters. The zero-order chi connectivity index (χ0) is 22.9. The SMILES string of the molecule is COCCn1c(=NC(=O)C2CCCN2S(=O)(=O)c2ccc(Cl)cc2)sc2cc(Br)ccc21. The van der Waals surface area contributed by atoms with Crippen LogP contribution in [0.15, 0.2) is 56.8 Å². The minimum atomic E-state index is -3.83. The second-order valence-electron chi connectivity index (χ2n) is 7.32. The van der Waals surface area contributed by atoms with Crippen molar-refractivity contribution in [2.45, 2.75) is 30.3 Å². The quantitative estimate of drug-likeness (QED) is 0.457. The summed E-state index contributed by atoms with van der Waals surface area (Å²) in [6.45, 7) is 1.27. The lowest BCUT2D eigenvalue weighted by molar-refractivity contribution is -0.121. The van der Waals surface area contributed by atoms with Crippen molar-refractivity contribution in [3.8, 4) is 0 Å². The van der Waals surface area contributed by atoms with Gasteiger partial charge in [-0.2, -0.15) is 9.30 Å². The van der Waals surface area contributed by atoms with E-state index in [0.29, 0.717) is 35.8 Å². The van der Waals surface area contributed by atoms with Crippen molar-refractivity contribution in [2.24, 2.45) is 4.99 Å². The molecule has 0 saturated carbocycles. The molecule has 3 aromatic rings. The largest absolute Gasteiger partial charge is 0.383 e. The molecule has 2 aromatic carbocycles. The molecule has 170 valence electrons. The maximum absolute atomic E-state index is 13.2. The van der Waals surface area contributed by atoms with Crippen LogP contribution in [0.25, 0.3) is 10.2 Å². The monoisotopic (exact) mass is 557 g/mol. The first-order valence-electron chi connectivity index (χ1n) is 9.95. The summed E-state index contributed by atoms with van der Waals surface area (Å²) in [5.41, 5.74) is 0.943. The molecule has 7 nitrogen and oxygen atoms in total. The third-order valence-corrected chi connectivity index (χ3v) is 8.99. The Morgan fingerprint density at radius 1 is 1.28 bits per heavy atom. The Bertz CT molecular complexity index is 1320. The van der Waals surface area contributed by atoms with Gasteiger partial charge in [0.2, 0.25) is 10.0 Å². The molecule has 0 spiro atoms. The van der Waals surface area contributed by atoms with Gasteiger partial charge in [0.1, 0.15) is 6.04 Å². The number of ether oxygens (including phenoxy) is 1. The molecule has 1 atom stereocenters. The Hall–Kier alpha value is -1.56. The van der Waals surface area contributed by atoms with Gasteiger partial charge in [-0.25, -0.2) is 8.42 Å². The van der Waals surface area contributed by atoms with E-state index in [1.54, 1.807) is 7.11 Å². The summed E-state index contributed by atoms with van der Waals surface area (Å²) in [7, 11) is -2.22. The van der Waals surface area contributed by atoms with E-state index in [1.807, 2.05) is 22.8 Å². The Morgan fingerprint density at radius 2 is 2.03 bits per heavy atom. The van der Waals surface area contributed by atoms with E-state index >= 15 is 0 Å². The van der Waals surface area contributed by atoms with E-state index in [1.165, 1.54) is 39.9 Å². The maximum atomic E-state index is 13.2. The van der Waals surface area contributed by atoms with Gasteiger partial charge in [0.25, 0.3) is 5.91 Å². The van der Waals surface area contributed by atoms with Crippen molar-refractivity contribution < 1.29 is 17.9 Å². The highest BCUT2D eigenvalue weighted by atomic mass is 79.9. The van der Waals surface area contributed by atoms with Crippen LogP contribution in [0, 0.1) is 0 Å². The van der Waals surface area contributed by atoms with Gasteiger partial charge in [0.15, 0.2) is 4.80 Å². The molecule has 0 aliphatic carbocycles. The number of sulfonamides is 1. The number of fused-ring (bicyclic) bond motifs is 1. The van der Waals surface area contributed by atoms with Crippen molar-refractivity contribution in [3.63, 3.8) is 0 Å². The highest BCUT2D eigenvalue weighted by molar-refractivity contribution is 9.10. The molecule has 1 amide bonds. The van der Waals surface area contributed by atoms with Crippen LogP contribution in [0.5, 0.6) is 0 Å². The number of nitrogens with zero attached hydrogens (tertiary/aromatic N) is 3. The Labute approximate surface area is 203 Å². The first-order valence-corrected chi connectivity index (χ1v) is 13.4. The topological polar surface area (TPSA) is 81.0 Å². The molecule has 0 bridgehead atoms. The van der Waals surface area contributed by atoms with Crippen molar-refractivity contribution in [1.82, 2.24) is 8.87 Å². The van der Waals surface area contributed by atoms with E-state index in [9.17, 15) is 13.2 Å². The Morgan fingerprint density at radius 3 is 2.75 bits per heavy atom. The van der Waals surface area contributed by atoms with Crippen molar-refractivity contribution in [1.29, 1.82) is 0 Å². The second-order valence-corrected chi connectivity index (χ2v) is 11.6. The average molecular weight is 559 g/mol. The molecule has 1 aliphatic rings. The van der Waals surface area contributed by atoms with Crippen LogP contribution in [0.3, 0.4) is 0 Å². The zero-order valence-corrected chi connectivity index (χ0v) is 21.2. The summed E-state index contributed by atoms with van der Waals surface area (Å²) in [6, 6.07) is 11.0. The minimum Gasteiger partial charge on any atom is -0.383 e. The molecule has 0 radical (unpaired) electrons. The highest BCUT2D eigenvalue weighted by Crippen LogP contribution is 2.28. The lowest BCUT2D eigenvalue weighted by atomic mass is 10.2. The number of carbonyl (C=O) groups is 1. The lowest BCUT2D eigenvalue weighted by Gasteiger charge is -2.21. The predicted octanol–water partition coefficient (Wildman–Crippen LogP) is 4.05. The number of amides is 1. The molecular formula is C21H21BrClN3O4S2. The van der Waals surface area contributed by atoms with Crippen molar-refractivity contribution in [2.75, 3.05) is 20.3 Å².